The van der Waals surface area contributed by atoms with Crippen molar-refractivity contribution >= 4 is 38.4 Å². The van der Waals surface area contributed by atoms with Gasteiger partial charge in [0.2, 0.25) is 5.28 Å². The Hall–Kier alpha value is -1.93. The van der Waals surface area contributed by atoms with Gasteiger partial charge in [0.25, 0.3) is 0 Å². The Morgan fingerprint density at radius 2 is 1.77 bits per heavy atom. The van der Waals surface area contributed by atoms with Crippen molar-refractivity contribution in [3.63, 3.8) is 0 Å². The fraction of sp³-hybridized carbons (Fsp3) is 0.154. The lowest BCUT2D eigenvalue weighted by molar-refractivity contribution is 0.449. The highest BCUT2D eigenvalue weighted by atomic mass is 35.5. The van der Waals surface area contributed by atoms with Crippen molar-refractivity contribution in [3.05, 3.63) is 34.9 Å². The van der Waals surface area contributed by atoms with Crippen LogP contribution >= 0.6 is 22.9 Å². The highest BCUT2D eigenvalue weighted by Gasteiger charge is 2.21. The second-order valence-electron chi connectivity index (χ2n) is 4.61. The van der Waals surface area contributed by atoms with Gasteiger partial charge in [-0.3, -0.25) is 0 Å². The third kappa shape index (κ3) is 2.38. The highest BCUT2D eigenvalue weighted by Crippen LogP contribution is 2.36. The average molecular weight is 345 g/mol. The second kappa shape index (κ2) is 5.36. The molecular weight excluding hydrogens is 337 g/mol. The topological polar surface area (TPSA) is 41.9 Å². The first-order chi connectivity index (χ1) is 10.4. The van der Waals surface area contributed by atoms with E-state index in [0.29, 0.717) is 9.83 Å². The lowest BCUT2D eigenvalue weighted by Crippen LogP contribution is -2.07. The summed E-state index contributed by atoms with van der Waals surface area (Å²) in [4.78, 5) is 13.9. The number of hydrogen-bond acceptors (Lipinski definition) is 5. The molecule has 0 fully saturated rings. The lowest BCUT2D eigenvalue weighted by atomic mass is 10.1. The van der Waals surface area contributed by atoms with Crippen LogP contribution in [0.5, 0.6) is 0 Å². The molecule has 3 rings (SSSR count). The van der Waals surface area contributed by atoms with Gasteiger partial charge in [-0.05, 0) is 23.7 Å². The van der Waals surface area contributed by atoms with Gasteiger partial charge in [-0.1, -0.05) is 11.3 Å². The van der Waals surface area contributed by atoms with E-state index in [1.165, 1.54) is 11.3 Å². The van der Waals surface area contributed by atoms with Crippen molar-refractivity contribution in [3.8, 4) is 11.3 Å². The number of benzene rings is 1. The Bertz CT molecular complexity index is 881. The summed E-state index contributed by atoms with van der Waals surface area (Å²) in [7, 11) is 3.56. The van der Waals surface area contributed by atoms with E-state index in [1.54, 1.807) is 19.0 Å². The molecule has 0 atom stereocenters. The van der Waals surface area contributed by atoms with E-state index in [9.17, 15) is 13.2 Å². The Morgan fingerprint density at radius 1 is 1.05 bits per heavy atom. The molecule has 0 saturated carbocycles. The number of rotatable bonds is 2. The summed E-state index contributed by atoms with van der Waals surface area (Å²) < 4.78 is 41.0. The van der Waals surface area contributed by atoms with Crippen molar-refractivity contribution in [2.75, 3.05) is 19.0 Å². The maximum absolute atomic E-state index is 14.0. The predicted octanol–water partition coefficient (Wildman–Crippen LogP) is 3.89. The van der Waals surface area contributed by atoms with Crippen LogP contribution in [0.1, 0.15) is 0 Å². The largest absolute Gasteiger partial charge is 0.354 e. The molecule has 0 aliphatic heterocycles. The first-order valence-electron chi connectivity index (χ1n) is 6.03. The average Bonchev–Trinajstić information content (AvgIpc) is 2.88. The van der Waals surface area contributed by atoms with Gasteiger partial charge in [0, 0.05) is 19.7 Å². The molecule has 0 N–H and O–H groups in total. The minimum Gasteiger partial charge on any atom is -0.354 e. The fourth-order valence-electron chi connectivity index (χ4n) is 1.87. The van der Waals surface area contributed by atoms with E-state index in [0.717, 1.165) is 12.1 Å². The smallest absolute Gasteiger partial charge is 0.225 e. The monoisotopic (exact) mass is 344 g/mol. The zero-order valence-electron chi connectivity index (χ0n) is 11.4. The minimum atomic E-state index is -1.56. The van der Waals surface area contributed by atoms with Crippen molar-refractivity contribution < 1.29 is 13.2 Å². The quantitative estimate of drug-likeness (QED) is 0.522. The molecule has 0 unspecified atom stereocenters. The number of nitrogens with zero attached hydrogens (tertiary/aromatic N) is 4. The summed E-state index contributed by atoms with van der Waals surface area (Å²) in [6, 6.07) is 1.95. The van der Waals surface area contributed by atoms with Gasteiger partial charge in [0.1, 0.15) is 4.70 Å². The van der Waals surface area contributed by atoms with Crippen LogP contribution in [0, 0.1) is 17.5 Å². The summed E-state index contributed by atoms with van der Waals surface area (Å²) in [5.74, 6) is -4.15. The molecule has 3 aromatic rings. The third-order valence-corrected chi connectivity index (χ3v) is 4.28. The third-order valence-electron chi connectivity index (χ3n) is 2.89. The zero-order chi connectivity index (χ0) is 16.0. The summed E-state index contributed by atoms with van der Waals surface area (Å²) in [5.41, 5.74) is 0.159. The molecule has 1 aromatic carbocycles. The van der Waals surface area contributed by atoms with E-state index in [1.807, 2.05) is 0 Å². The Labute approximate surface area is 132 Å². The van der Waals surface area contributed by atoms with Crippen molar-refractivity contribution in [2.24, 2.45) is 0 Å². The van der Waals surface area contributed by atoms with Crippen molar-refractivity contribution in [2.45, 2.75) is 0 Å². The normalized spacial score (nSPS) is 11.2. The maximum atomic E-state index is 14.0. The molecule has 9 heteroatoms. The van der Waals surface area contributed by atoms with Gasteiger partial charge >= 0.3 is 0 Å². The Morgan fingerprint density at radius 3 is 2.45 bits per heavy atom. The molecule has 0 spiro atoms. The number of aromatic nitrogens is 3. The number of anilines is 1. The molecule has 0 amide bonds. The maximum Gasteiger partial charge on any atom is 0.225 e. The number of thiazole rings is 1. The number of hydrogen-bond donors (Lipinski definition) is 0. The van der Waals surface area contributed by atoms with E-state index in [2.05, 4.69) is 15.0 Å². The molecule has 114 valence electrons. The molecule has 2 aromatic heterocycles. The minimum absolute atomic E-state index is 0.0806. The van der Waals surface area contributed by atoms with Gasteiger partial charge in [0.05, 0.1) is 5.69 Å². The van der Waals surface area contributed by atoms with Crippen molar-refractivity contribution in [1.29, 1.82) is 0 Å². The second-order valence-corrected chi connectivity index (χ2v) is 5.92. The molecule has 0 radical (unpaired) electrons. The lowest BCUT2D eigenvalue weighted by Gasteiger charge is -2.05. The van der Waals surface area contributed by atoms with Gasteiger partial charge in [0.15, 0.2) is 28.2 Å². The Balaban J connectivity index is 2.33. The van der Waals surface area contributed by atoms with E-state index < -0.39 is 17.5 Å². The standard InChI is InChI=1S/C13H8ClF3N4S/c1-21(2)13-20-11-10(22-13)9(18-12(14)19-11)5-3-4-6(15)8(17)7(5)16/h3-4H,1-2H3. The van der Waals surface area contributed by atoms with Gasteiger partial charge < -0.3 is 4.90 Å². The first-order valence-corrected chi connectivity index (χ1v) is 7.23. The number of halogens is 4. The van der Waals surface area contributed by atoms with Crippen LogP contribution in [0.4, 0.5) is 18.3 Å². The van der Waals surface area contributed by atoms with Crippen LogP contribution in [0.15, 0.2) is 12.1 Å². The first kappa shape index (κ1) is 15.0. The van der Waals surface area contributed by atoms with Gasteiger partial charge in [-0.2, -0.15) is 9.97 Å². The molecular formula is C13H8ClF3N4S. The van der Waals surface area contributed by atoms with E-state index in [-0.39, 0.29) is 22.2 Å². The van der Waals surface area contributed by atoms with Gasteiger partial charge in [-0.25, -0.2) is 18.2 Å². The summed E-state index contributed by atoms with van der Waals surface area (Å²) in [6.07, 6.45) is 0. The van der Waals surface area contributed by atoms with Crippen LogP contribution in [0.3, 0.4) is 0 Å². The molecule has 4 nitrogen and oxygen atoms in total. The van der Waals surface area contributed by atoms with Crippen LogP contribution in [0.25, 0.3) is 21.6 Å². The van der Waals surface area contributed by atoms with Crippen LogP contribution in [-0.2, 0) is 0 Å². The molecule has 0 aliphatic carbocycles. The predicted molar refractivity (Wildman–Crippen MR) is 79.9 cm³/mol. The fourth-order valence-corrected chi connectivity index (χ4v) is 2.97. The van der Waals surface area contributed by atoms with Crippen molar-refractivity contribution in [1.82, 2.24) is 15.0 Å². The number of fused-ring (bicyclic) bond motifs is 1. The summed E-state index contributed by atoms with van der Waals surface area (Å²) in [6.45, 7) is 0. The Kier molecular flexibility index (Phi) is 3.65. The highest BCUT2D eigenvalue weighted by molar-refractivity contribution is 7.22. The molecule has 0 bridgehead atoms. The van der Waals surface area contributed by atoms with E-state index >= 15 is 0 Å². The van der Waals surface area contributed by atoms with Crippen LogP contribution < -0.4 is 4.90 Å². The molecule has 22 heavy (non-hydrogen) atoms. The van der Waals surface area contributed by atoms with Crippen LogP contribution in [-0.4, -0.2) is 29.0 Å². The summed E-state index contributed by atoms with van der Waals surface area (Å²) >= 11 is 7.03. The molecule has 0 aliphatic rings. The SMILES string of the molecule is CN(C)c1nc2nc(Cl)nc(-c3ccc(F)c(F)c3F)c2s1. The van der Waals surface area contributed by atoms with E-state index in [4.69, 9.17) is 11.6 Å². The molecule has 2 heterocycles. The van der Waals surface area contributed by atoms with Gasteiger partial charge in [-0.15, -0.1) is 0 Å². The zero-order valence-corrected chi connectivity index (χ0v) is 12.9. The summed E-state index contributed by atoms with van der Waals surface area (Å²) in [5, 5.41) is 0.457. The van der Waals surface area contributed by atoms with Crippen LogP contribution in [0.2, 0.25) is 5.28 Å². The molecule has 0 saturated heterocycles.